The van der Waals surface area contributed by atoms with E-state index in [1.54, 1.807) is 0 Å². The first-order chi connectivity index (χ1) is 10.1. The standard InChI is InChI=1S/C18H29NO2/c1-5-15(4)17(16-11-9-8-10-12-16)18(20)21-14-13-19(6-2)7-3/h8-12,15,17H,5-7,13-14H2,1-4H3. The van der Waals surface area contributed by atoms with E-state index in [9.17, 15) is 4.79 Å². The first-order valence-electron chi connectivity index (χ1n) is 8.07. The molecule has 1 aromatic rings. The highest BCUT2D eigenvalue weighted by Crippen LogP contribution is 2.28. The molecule has 118 valence electrons. The Bertz CT molecular complexity index is 401. The zero-order valence-corrected chi connectivity index (χ0v) is 13.8. The monoisotopic (exact) mass is 291 g/mol. The third kappa shape index (κ3) is 5.50. The number of ether oxygens (including phenoxy) is 1. The van der Waals surface area contributed by atoms with Crippen LogP contribution in [0.1, 0.15) is 45.6 Å². The number of hydrogen-bond acceptors (Lipinski definition) is 3. The van der Waals surface area contributed by atoms with E-state index in [-0.39, 0.29) is 17.8 Å². The summed E-state index contributed by atoms with van der Waals surface area (Å²) in [5.74, 6) is 0.0314. The summed E-state index contributed by atoms with van der Waals surface area (Å²) < 4.78 is 5.54. The zero-order chi connectivity index (χ0) is 15.7. The Morgan fingerprint density at radius 3 is 2.29 bits per heavy atom. The molecule has 2 unspecified atom stereocenters. The molecule has 0 amide bonds. The van der Waals surface area contributed by atoms with Crippen LogP contribution in [-0.4, -0.2) is 37.1 Å². The fourth-order valence-electron chi connectivity index (χ4n) is 2.50. The largest absolute Gasteiger partial charge is 0.464 e. The van der Waals surface area contributed by atoms with Crippen molar-refractivity contribution in [3.8, 4) is 0 Å². The average molecular weight is 291 g/mol. The summed E-state index contributed by atoms with van der Waals surface area (Å²) >= 11 is 0. The van der Waals surface area contributed by atoms with Crippen LogP contribution in [0.4, 0.5) is 0 Å². The molecule has 3 nitrogen and oxygen atoms in total. The molecule has 0 aliphatic carbocycles. The van der Waals surface area contributed by atoms with Crippen LogP contribution >= 0.6 is 0 Å². The highest BCUT2D eigenvalue weighted by atomic mass is 16.5. The van der Waals surface area contributed by atoms with Gasteiger partial charge in [-0.25, -0.2) is 0 Å². The molecular formula is C18H29NO2. The van der Waals surface area contributed by atoms with E-state index in [0.29, 0.717) is 6.61 Å². The predicted molar refractivity (Wildman–Crippen MR) is 87.4 cm³/mol. The number of carbonyl (C=O) groups is 1. The van der Waals surface area contributed by atoms with Crippen LogP contribution in [0, 0.1) is 5.92 Å². The summed E-state index contributed by atoms with van der Waals surface area (Å²) in [6.45, 7) is 11.7. The zero-order valence-electron chi connectivity index (χ0n) is 13.8. The van der Waals surface area contributed by atoms with Gasteiger partial charge in [-0.1, -0.05) is 64.4 Å². The topological polar surface area (TPSA) is 29.5 Å². The first kappa shape index (κ1) is 17.7. The normalized spacial score (nSPS) is 14.0. The molecule has 0 radical (unpaired) electrons. The summed E-state index contributed by atoms with van der Waals surface area (Å²) in [6, 6.07) is 9.97. The van der Waals surface area contributed by atoms with Crippen LogP contribution in [0.5, 0.6) is 0 Å². The van der Waals surface area contributed by atoms with Crippen molar-refractivity contribution in [1.82, 2.24) is 4.90 Å². The SMILES string of the molecule is CCC(C)C(C(=O)OCCN(CC)CC)c1ccccc1. The third-order valence-corrected chi connectivity index (χ3v) is 4.17. The van der Waals surface area contributed by atoms with Gasteiger partial charge in [0.1, 0.15) is 6.61 Å². The Hall–Kier alpha value is -1.35. The minimum atomic E-state index is -0.159. The summed E-state index contributed by atoms with van der Waals surface area (Å²) in [5.41, 5.74) is 1.06. The fourth-order valence-corrected chi connectivity index (χ4v) is 2.50. The van der Waals surface area contributed by atoms with E-state index < -0.39 is 0 Å². The fraction of sp³-hybridized carbons (Fsp3) is 0.611. The maximum absolute atomic E-state index is 12.5. The highest BCUT2D eigenvalue weighted by molar-refractivity contribution is 5.78. The molecule has 0 N–H and O–H groups in total. The minimum absolute atomic E-state index is 0.0947. The Balaban J connectivity index is 2.65. The third-order valence-electron chi connectivity index (χ3n) is 4.17. The summed E-state index contributed by atoms with van der Waals surface area (Å²) in [6.07, 6.45) is 0.963. The van der Waals surface area contributed by atoms with Gasteiger partial charge in [0, 0.05) is 6.54 Å². The number of hydrogen-bond donors (Lipinski definition) is 0. The Morgan fingerprint density at radius 2 is 1.76 bits per heavy atom. The van der Waals surface area contributed by atoms with E-state index in [4.69, 9.17) is 4.74 Å². The van der Waals surface area contributed by atoms with E-state index in [2.05, 4.69) is 32.6 Å². The lowest BCUT2D eigenvalue weighted by Gasteiger charge is -2.23. The number of carbonyl (C=O) groups excluding carboxylic acids is 1. The summed E-state index contributed by atoms with van der Waals surface area (Å²) in [4.78, 5) is 14.7. The van der Waals surface area contributed by atoms with Crippen molar-refractivity contribution >= 4 is 5.97 Å². The van der Waals surface area contributed by atoms with Crippen molar-refractivity contribution in [2.24, 2.45) is 5.92 Å². The molecule has 3 heteroatoms. The van der Waals surface area contributed by atoms with E-state index in [1.165, 1.54) is 0 Å². The summed E-state index contributed by atoms with van der Waals surface area (Å²) in [7, 11) is 0. The first-order valence-corrected chi connectivity index (χ1v) is 8.07. The lowest BCUT2D eigenvalue weighted by atomic mass is 9.86. The number of likely N-dealkylation sites (N-methyl/N-ethyl adjacent to an activating group) is 1. The minimum Gasteiger partial charge on any atom is -0.464 e. The van der Waals surface area contributed by atoms with Crippen LogP contribution in [0.15, 0.2) is 30.3 Å². The molecule has 0 spiro atoms. The van der Waals surface area contributed by atoms with Gasteiger partial charge in [0.15, 0.2) is 0 Å². The molecule has 21 heavy (non-hydrogen) atoms. The lowest BCUT2D eigenvalue weighted by molar-refractivity contribution is -0.147. The molecule has 1 rings (SSSR count). The Kier molecular flexibility index (Phi) is 8.06. The molecular weight excluding hydrogens is 262 g/mol. The van der Waals surface area contributed by atoms with Crippen molar-refractivity contribution in [1.29, 1.82) is 0 Å². The molecule has 0 aliphatic heterocycles. The highest BCUT2D eigenvalue weighted by Gasteiger charge is 2.27. The molecule has 0 fully saturated rings. The van der Waals surface area contributed by atoms with Crippen LogP contribution in [-0.2, 0) is 9.53 Å². The molecule has 0 aliphatic rings. The Morgan fingerprint density at radius 1 is 1.14 bits per heavy atom. The molecule has 2 atom stereocenters. The molecule has 0 aromatic heterocycles. The van der Waals surface area contributed by atoms with Crippen LogP contribution in [0.2, 0.25) is 0 Å². The molecule has 1 aromatic carbocycles. The van der Waals surface area contributed by atoms with E-state index in [0.717, 1.165) is 31.6 Å². The number of rotatable bonds is 9. The van der Waals surface area contributed by atoms with Crippen LogP contribution in [0.25, 0.3) is 0 Å². The summed E-state index contributed by atoms with van der Waals surface area (Å²) in [5, 5.41) is 0. The lowest BCUT2D eigenvalue weighted by Crippen LogP contribution is -2.30. The molecule has 0 saturated carbocycles. The second-order valence-corrected chi connectivity index (χ2v) is 5.47. The van der Waals surface area contributed by atoms with E-state index in [1.807, 2.05) is 30.3 Å². The number of benzene rings is 1. The molecule has 0 bridgehead atoms. The van der Waals surface area contributed by atoms with Gasteiger partial charge in [0.05, 0.1) is 5.92 Å². The van der Waals surface area contributed by atoms with Gasteiger partial charge in [-0.3, -0.25) is 4.79 Å². The van der Waals surface area contributed by atoms with Gasteiger partial charge < -0.3 is 9.64 Å². The van der Waals surface area contributed by atoms with Gasteiger partial charge in [0.25, 0.3) is 0 Å². The Labute approximate surface area is 129 Å². The van der Waals surface area contributed by atoms with Gasteiger partial charge in [-0.15, -0.1) is 0 Å². The van der Waals surface area contributed by atoms with E-state index >= 15 is 0 Å². The van der Waals surface area contributed by atoms with Crippen molar-refractivity contribution in [2.45, 2.75) is 40.0 Å². The van der Waals surface area contributed by atoms with Crippen LogP contribution in [0.3, 0.4) is 0 Å². The molecule has 0 saturated heterocycles. The second-order valence-electron chi connectivity index (χ2n) is 5.47. The van der Waals surface area contributed by atoms with Crippen LogP contribution < -0.4 is 0 Å². The van der Waals surface area contributed by atoms with Crippen molar-refractivity contribution in [3.63, 3.8) is 0 Å². The number of esters is 1. The van der Waals surface area contributed by atoms with Crippen molar-refractivity contribution in [3.05, 3.63) is 35.9 Å². The van der Waals surface area contributed by atoms with Gasteiger partial charge in [0.2, 0.25) is 0 Å². The smallest absolute Gasteiger partial charge is 0.313 e. The maximum Gasteiger partial charge on any atom is 0.313 e. The van der Waals surface area contributed by atoms with Gasteiger partial charge in [-0.2, -0.15) is 0 Å². The maximum atomic E-state index is 12.5. The number of nitrogens with zero attached hydrogens (tertiary/aromatic N) is 1. The van der Waals surface area contributed by atoms with Gasteiger partial charge >= 0.3 is 5.97 Å². The van der Waals surface area contributed by atoms with Crippen molar-refractivity contribution in [2.75, 3.05) is 26.2 Å². The average Bonchev–Trinajstić information content (AvgIpc) is 2.52. The quantitative estimate of drug-likeness (QED) is 0.650. The van der Waals surface area contributed by atoms with Crippen molar-refractivity contribution < 1.29 is 9.53 Å². The van der Waals surface area contributed by atoms with Gasteiger partial charge in [-0.05, 0) is 24.6 Å². The molecule has 0 heterocycles. The predicted octanol–water partition coefficient (Wildman–Crippen LogP) is 3.70. The second kappa shape index (κ2) is 9.56.